The largest absolute Gasteiger partial charge is 0.467 e. The van der Waals surface area contributed by atoms with Gasteiger partial charge in [0.25, 0.3) is 0 Å². The number of ether oxygens (including phenoxy) is 2. The number of carbonyl (C=O) groups is 2. The maximum Gasteiger partial charge on any atom is 0.344 e. The van der Waals surface area contributed by atoms with Crippen molar-refractivity contribution in [2.75, 3.05) is 13.7 Å². The number of esters is 2. The average molecular weight is 234 g/mol. The number of alkyl halides is 1. The van der Waals surface area contributed by atoms with Crippen molar-refractivity contribution >= 4 is 11.9 Å². The van der Waals surface area contributed by atoms with E-state index in [4.69, 9.17) is 0 Å². The molecule has 0 N–H and O–H groups in total. The van der Waals surface area contributed by atoms with E-state index in [0.29, 0.717) is 6.42 Å². The van der Waals surface area contributed by atoms with Crippen molar-refractivity contribution in [1.82, 2.24) is 0 Å². The smallest absolute Gasteiger partial charge is 0.344 e. The molecule has 0 aliphatic carbocycles. The van der Waals surface area contributed by atoms with Crippen molar-refractivity contribution in [3.63, 3.8) is 0 Å². The third kappa shape index (κ3) is 4.59. The molecule has 0 amide bonds. The minimum atomic E-state index is -2.25. The Bertz CT molecular complexity index is 242. The van der Waals surface area contributed by atoms with Crippen molar-refractivity contribution in [3.05, 3.63) is 0 Å². The van der Waals surface area contributed by atoms with Gasteiger partial charge in [-0.05, 0) is 19.8 Å². The number of rotatable bonds is 7. The second-order valence-corrected chi connectivity index (χ2v) is 3.54. The van der Waals surface area contributed by atoms with Gasteiger partial charge in [-0.1, -0.05) is 13.3 Å². The zero-order valence-corrected chi connectivity index (χ0v) is 10.0. The molecule has 0 radical (unpaired) electrons. The van der Waals surface area contributed by atoms with Gasteiger partial charge in [0.2, 0.25) is 5.67 Å². The molecule has 0 saturated carbocycles. The zero-order valence-electron chi connectivity index (χ0n) is 10.0. The molecule has 0 aliphatic heterocycles. The van der Waals surface area contributed by atoms with Crippen LogP contribution in [0.1, 0.15) is 39.5 Å². The van der Waals surface area contributed by atoms with E-state index < -0.39 is 24.0 Å². The van der Waals surface area contributed by atoms with Gasteiger partial charge in [-0.15, -0.1) is 0 Å². The third-order valence-corrected chi connectivity index (χ3v) is 2.21. The van der Waals surface area contributed by atoms with E-state index in [-0.39, 0.29) is 13.0 Å². The van der Waals surface area contributed by atoms with Crippen LogP contribution in [0, 0.1) is 0 Å². The molecular formula is C11H19FO4. The summed E-state index contributed by atoms with van der Waals surface area (Å²) in [5.41, 5.74) is -2.25. The van der Waals surface area contributed by atoms with E-state index in [1.54, 1.807) is 6.92 Å². The first kappa shape index (κ1) is 14.9. The average Bonchev–Trinajstić information content (AvgIpc) is 2.25. The highest BCUT2D eigenvalue weighted by molar-refractivity contribution is 5.85. The molecule has 5 heteroatoms. The molecule has 0 bridgehead atoms. The zero-order chi connectivity index (χ0) is 12.6. The minimum Gasteiger partial charge on any atom is -0.467 e. The van der Waals surface area contributed by atoms with E-state index in [1.165, 1.54) is 0 Å². The van der Waals surface area contributed by atoms with Gasteiger partial charge < -0.3 is 9.47 Å². The quantitative estimate of drug-likeness (QED) is 0.632. The minimum absolute atomic E-state index is 0.0189. The third-order valence-electron chi connectivity index (χ3n) is 2.21. The Labute approximate surface area is 95.1 Å². The molecule has 4 nitrogen and oxygen atoms in total. The van der Waals surface area contributed by atoms with Crippen molar-refractivity contribution in [2.24, 2.45) is 0 Å². The highest BCUT2D eigenvalue weighted by atomic mass is 19.1. The first-order valence-corrected chi connectivity index (χ1v) is 5.43. The van der Waals surface area contributed by atoms with Crippen LogP contribution in [0.3, 0.4) is 0 Å². The molecule has 0 fully saturated rings. The van der Waals surface area contributed by atoms with E-state index in [2.05, 4.69) is 9.47 Å². The van der Waals surface area contributed by atoms with Crippen LogP contribution >= 0.6 is 0 Å². The molecule has 0 aromatic carbocycles. The summed E-state index contributed by atoms with van der Waals surface area (Å²) < 4.78 is 23.2. The van der Waals surface area contributed by atoms with Gasteiger partial charge >= 0.3 is 11.9 Å². The Hall–Kier alpha value is -1.13. The molecule has 94 valence electrons. The Morgan fingerprint density at radius 3 is 2.38 bits per heavy atom. The number of carbonyl (C=O) groups excluding carboxylic acids is 2. The van der Waals surface area contributed by atoms with Gasteiger partial charge in [0.1, 0.15) is 0 Å². The summed E-state index contributed by atoms with van der Waals surface area (Å²) in [6.07, 6.45) is 0.666. The molecule has 1 atom stereocenters. The summed E-state index contributed by atoms with van der Waals surface area (Å²) in [7, 11) is 1.10. The lowest BCUT2D eigenvalue weighted by atomic mass is 9.95. The lowest BCUT2D eigenvalue weighted by Crippen LogP contribution is -2.38. The molecule has 0 spiro atoms. The standard InChI is InChI=1S/C11H19FO4/c1-4-6-7-11(12,10(14)15-3)8-9(13)16-5-2/h4-8H2,1-3H3/t11-/m1/s1. The topological polar surface area (TPSA) is 52.6 Å². The van der Waals surface area contributed by atoms with Crippen molar-refractivity contribution in [1.29, 1.82) is 0 Å². The van der Waals surface area contributed by atoms with Crippen molar-refractivity contribution in [2.45, 2.75) is 45.2 Å². The Balaban J connectivity index is 4.52. The van der Waals surface area contributed by atoms with Gasteiger partial charge in [-0.25, -0.2) is 9.18 Å². The summed E-state index contributed by atoms with van der Waals surface area (Å²) in [6, 6.07) is 0. The molecule has 0 saturated heterocycles. The van der Waals surface area contributed by atoms with Crippen molar-refractivity contribution < 1.29 is 23.5 Å². The molecule has 0 aromatic heterocycles. The van der Waals surface area contributed by atoms with Crippen LogP contribution in [0.15, 0.2) is 0 Å². The highest BCUT2D eigenvalue weighted by Crippen LogP contribution is 2.26. The van der Waals surface area contributed by atoms with Crippen LogP contribution in [0.4, 0.5) is 4.39 Å². The fourth-order valence-corrected chi connectivity index (χ4v) is 1.34. The first-order valence-electron chi connectivity index (χ1n) is 5.43. The maximum atomic E-state index is 14.2. The number of unbranched alkanes of at least 4 members (excludes halogenated alkanes) is 1. The first-order chi connectivity index (χ1) is 7.50. The molecule has 0 unspecified atom stereocenters. The van der Waals surface area contributed by atoms with Gasteiger partial charge in [0.15, 0.2) is 0 Å². The number of halogens is 1. The van der Waals surface area contributed by atoms with Gasteiger partial charge in [-0.3, -0.25) is 4.79 Å². The molecule has 16 heavy (non-hydrogen) atoms. The summed E-state index contributed by atoms with van der Waals surface area (Å²) >= 11 is 0. The summed E-state index contributed by atoms with van der Waals surface area (Å²) in [5.74, 6) is -1.72. The highest BCUT2D eigenvalue weighted by Gasteiger charge is 2.41. The summed E-state index contributed by atoms with van der Waals surface area (Å²) in [6.45, 7) is 3.67. The maximum absolute atomic E-state index is 14.2. The summed E-state index contributed by atoms with van der Waals surface area (Å²) in [5, 5.41) is 0. The van der Waals surface area contributed by atoms with Crippen LogP contribution in [0.25, 0.3) is 0 Å². The lowest BCUT2D eigenvalue weighted by molar-refractivity contribution is -0.163. The van der Waals surface area contributed by atoms with E-state index >= 15 is 0 Å². The number of methoxy groups -OCH3 is 1. The van der Waals surface area contributed by atoms with E-state index in [1.807, 2.05) is 6.92 Å². The van der Waals surface area contributed by atoms with Crippen LogP contribution in [-0.2, 0) is 19.1 Å². The Kier molecular flexibility index (Phi) is 6.69. The molecule has 0 aromatic rings. The van der Waals surface area contributed by atoms with Gasteiger partial charge in [0, 0.05) is 0 Å². The van der Waals surface area contributed by atoms with E-state index in [0.717, 1.165) is 13.5 Å². The molecule has 0 heterocycles. The predicted octanol–water partition coefficient (Wildman–Crippen LogP) is 2.01. The molecule has 0 aliphatic rings. The Morgan fingerprint density at radius 2 is 1.94 bits per heavy atom. The number of hydrogen-bond donors (Lipinski definition) is 0. The second-order valence-electron chi connectivity index (χ2n) is 3.54. The SMILES string of the molecule is CCCC[C@@](F)(CC(=O)OCC)C(=O)OC. The van der Waals surface area contributed by atoms with Crippen LogP contribution in [0.5, 0.6) is 0 Å². The lowest BCUT2D eigenvalue weighted by Gasteiger charge is -2.21. The predicted molar refractivity (Wildman–Crippen MR) is 56.6 cm³/mol. The van der Waals surface area contributed by atoms with Gasteiger partial charge in [-0.2, -0.15) is 0 Å². The van der Waals surface area contributed by atoms with Crippen molar-refractivity contribution in [3.8, 4) is 0 Å². The van der Waals surface area contributed by atoms with Crippen LogP contribution in [0.2, 0.25) is 0 Å². The summed E-state index contributed by atoms with van der Waals surface area (Å²) in [4.78, 5) is 22.4. The Morgan fingerprint density at radius 1 is 1.31 bits per heavy atom. The monoisotopic (exact) mass is 234 g/mol. The normalized spacial score (nSPS) is 14.0. The number of hydrogen-bond acceptors (Lipinski definition) is 4. The second kappa shape index (κ2) is 7.19. The van der Waals surface area contributed by atoms with Crippen LogP contribution < -0.4 is 0 Å². The van der Waals surface area contributed by atoms with Crippen LogP contribution in [-0.4, -0.2) is 31.3 Å². The van der Waals surface area contributed by atoms with Gasteiger partial charge in [0.05, 0.1) is 20.1 Å². The molecule has 0 rings (SSSR count). The fourth-order valence-electron chi connectivity index (χ4n) is 1.34. The molecular weight excluding hydrogens is 215 g/mol. The fraction of sp³-hybridized carbons (Fsp3) is 0.818. The van der Waals surface area contributed by atoms with E-state index in [9.17, 15) is 14.0 Å².